The molecule has 100 valence electrons. The van der Waals surface area contributed by atoms with Crippen molar-refractivity contribution in [1.29, 1.82) is 0 Å². The lowest BCUT2D eigenvalue weighted by atomic mass is 10.1. The van der Waals surface area contributed by atoms with Crippen molar-refractivity contribution < 1.29 is 4.39 Å². The van der Waals surface area contributed by atoms with Crippen LogP contribution in [0.3, 0.4) is 0 Å². The predicted octanol–water partition coefficient (Wildman–Crippen LogP) is 3.90. The van der Waals surface area contributed by atoms with E-state index in [0.29, 0.717) is 11.6 Å². The van der Waals surface area contributed by atoms with Gasteiger partial charge < -0.3 is 5.32 Å². The van der Waals surface area contributed by atoms with Gasteiger partial charge in [0.25, 0.3) is 0 Å². The SMILES string of the molecule is Fc1cccc2c(NC3CCCCCC3)ncnc12. The zero-order chi connectivity index (χ0) is 13.1. The fourth-order valence-corrected chi connectivity index (χ4v) is 2.78. The molecule has 1 fully saturated rings. The van der Waals surface area contributed by atoms with E-state index >= 15 is 0 Å². The van der Waals surface area contributed by atoms with Crippen molar-refractivity contribution in [2.75, 3.05) is 5.32 Å². The van der Waals surface area contributed by atoms with Crippen molar-refractivity contribution in [3.05, 3.63) is 30.3 Å². The lowest BCUT2D eigenvalue weighted by Gasteiger charge is -2.17. The Kier molecular flexibility index (Phi) is 3.58. The van der Waals surface area contributed by atoms with E-state index in [0.717, 1.165) is 11.2 Å². The van der Waals surface area contributed by atoms with Crippen LogP contribution in [0.15, 0.2) is 24.5 Å². The first-order valence-corrected chi connectivity index (χ1v) is 7.00. The Bertz CT molecular complexity index is 562. The number of halogens is 1. The lowest BCUT2D eigenvalue weighted by molar-refractivity contribution is 0.617. The highest BCUT2D eigenvalue weighted by Crippen LogP contribution is 2.25. The molecule has 1 aromatic carbocycles. The van der Waals surface area contributed by atoms with E-state index in [1.165, 1.54) is 50.9 Å². The number of aromatic nitrogens is 2. The third-order valence-electron chi connectivity index (χ3n) is 3.81. The molecular weight excluding hydrogens is 241 g/mol. The first-order valence-electron chi connectivity index (χ1n) is 7.00. The van der Waals surface area contributed by atoms with E-state index in [1.54, 1.807) is 6.07 Å². The van der Waals surface area contributed by atoms with E-state index in [4.69, 9.17) is 0 Å². The summed E-state index contributed by atoms with van der Waals surface area (Å²) in [6, 6.07) is 5.46. The second-order valence-electron chi connectivity index (χ2n) is 5.19. The number of nitrogens with zero attached hydrogens (tertiary/aromatic N) is 2. The van der Waals surface area contributed by atoms with Gasteiger partial charge in [0, 0.05) is 11.4 Å². The molecule has 1 aliphatic rings. The summed E-state index contributed by atoms with van der Waals surface area (Å²) in [5.41, 5.74) is 0.397. The molecule has 1 aliphatic carbocycles. The van der Waals surface area contributed by atoms with Crippen LogP contribution in [0.4, 0.5) is 10.2 Å². The highest BCUT2D eigenvalue weighted by Gasteiger charge is 2.14. The number of para-hydroxylation sites is 1. The molecule has 0 amide bonds. The second-order valence-corrected chi connectivity index (χ2v) is 5.19. The molecular formula is C15H18FN3. The molecule has 1 N–H and O–H groups in total. The third kappa shape index (κ3) is 2.67. The molecule has 0 aliphatic heterocycles. The highest BCUT2D eigenvalue weighted by atomic mass is 19.1. The molecule has 0 spiro atoms. The average Bonchev–Trinajstić information content (AvgIpc) is 2.69. The first-order chi connectivity index (χ1) is 9.34. The number of hydrogen-bond acceptors (Lipinski definition) is 3. The molecule has 1 aromatic heterocycles. The summed E-state index contributed by atoms with van der Waals surface area (Å²) in [5, 5.41) is 4.24. The predicted molar refractivity (Wildman–Crippen MR) is 74.6 cm³/mol. The van der Waals surface area contributed by atoms with Crippen molar-refractivity contribution in [3.63, 3.8) is 0 Å². The summed E-state index contributed by atoms with van der Waals surface area (Å²) in [4.78, 5) is 8.31. The molecule has 4 heteroatoms. The monoisotopic (exact) mass is 259 g/mol. The van der Waals surface area contributed by atoms with Crippen LogP contribution in [-0.2, 0) is 0 Å². The third-order valence-corrected chi connectivity index (χ3v) is 3.81. The van der Waals surface area contributed by atoms with Crippen LogP contribution < -0.4 is 5.32 Å². The molecule has 1 heterocycles. The smallest absolute Gasteiger partial charge is 0.149 e. The van der Waals surface area contributed by atoms with E-state index in [1.807, 2.05) is 6.07 Å². The molecule has 0 bridgehead atoms. The standard InChI is InChI=1S/C15H18FN3/c16-13-9-5-8-12-14(13)17-10-18-15(12)19-11-6-3-1-2-4-7-11/h5,8-11H,1-4,6-7H2,(H,17,18,19). The molecule has 1 saturated carbocycles. The second kappa shape index (κ2) is 5.51. The van der Waals surface area contributed by atoms with Gasteiger partial charge in [0.2, 0.25) is 0 Å². The number of benzene rings is 1. The number of rotatable bonds is 2. The summed E-state index contributed by atoms with van der Waals surface area (Å²) < 4.78 is 13.7. The highest BCUT2D eigenvalue weighted by molar-refractivity contribution is 5.89. The Morgan fingerprint density at radius 3 is 2.63 bits per heavy atom. The van der Waals surface area contributed by atoms with Gasteiger partial charge in [-0.05, 0) is 25.0 Å². The Hall–Kier alpha value is -1.71. The summed E-state index contributed by atoms with van der Waals surface area (Å²) in [6.45, 7) is 0. The zero-order valence-corrected chi connectivity index (χ0v) is 10.9. The van der Waals surface area contributed by atoms with Crippen molar-refractivity contribution in [2.24, 2.45) is 0 Å². The van der Waals surface area contributed by atoms with E-state index in [-0.39, 0.29) is 5.82 Å². The maximum Gasteiger partial charge on any atom is 0.149 e. The minimum absolute atomic E-state index is 0.288. The maximum atomic E-state index is 13.7. The Morgan fingerprint density at radius 2 is 1.84 bits per heavy atom. The fraction of sp³-hybridized carbons (Fsp3) is 0.467. The maximum absolute atomic E-state index is 13.7. The number of nitrogens with one attached hydrogen (secondary N) is 1. The molecule has 0 unspecified atom stereocenters. The van der Waals surface area contributed by atoms with Gasteiger partial charge in [0.15, 0.2) is 0 Å². The van der Waals surface area contributed by atoms with Gasteiger partial charge in [-0.25, -0.2) is 14.4 Å². The molecule has 0 saturated heterocycles. The molecule has 0 radical (unpaired) electrons. The molecule has 19 heavy (non-hydrogen) atoms. The fourth-order valence-electron chi connectivity index (χ4n) is 2.78. The normalized spacial score (nSPS) is 17.3. The van der Waals surface area contributed by atoms with Gasteiger partial charge in [0.1, 0.15) is 23.5 Å². The average molecular weight is 259 g/mol. The van der Waals surface area contributed by atoms with Gasteiger partial charge in [0.05, 0.1) is 0 Å². The van der Waals surface area contributed by atoms with Crippen LogP contribution >= 0.6 is 0 Å². The summed E-state index contributed by atoms with van der Waals surface area (Å²) >= 11 is 0. The lowest BCUT2D eigenvalue weighted by Crippen LogP contribution is -2.19. The van der Waals surface area contributed by atoms with Gasteiger partial charge in [-0.2, -0.15) is 0 Å². The van der Waals surface area contributed by atoms with Gasteiger partial charge in [-0.1, -0.05) is 31.7 Å². The van der Waals surface area contributed by atoms with E-state index in [2.05, 4.69) is 15.3 Å². The summed E-state index contributed by atoms with van der Waals surface area (Å²) in [6.07, 6.45) is 8.92. The summed E-state index contributed by atoms with van der Waals surface area (Å²) in [7, 11) is 0. The number of hydrogen-bond donors (Lipinski definition) is 1. The van der Waals surface area contributed by atoms with Crippen LogP contribution in [-0.4, -0.2) is 16.0 Å². The van der Waals surface area contributed by atoms with Crippen LogP contribution in [0.25, 0.3) is 10.9 Å². The Labute approximate surface area is 112 Å². The van der Waals surface area contributed by atoms with Gasteiger partial charge in [-0.15, -0.1) is 0 Å². The van der Waals surface area contributed by atoms with Gasteiger partial charge in [-0.3, -0.25) is 0 Å². The van der Waals surface area contributed by atoms with E-state index < -0.39 is 0 Å². The topological polar surface area (TPSA) is 37.8 Å². The molecule has 2 aromatic rings. The van der Waals surface area contributed by atoms with E-state index in [9.17, 15) is 4.39 Å². The van der Waals surface area contributed by atoms with Crippen molar-refractivity contribution in [1.82, 2.24) is 9.97 Å². The minimum atomic E-state index is -0.288. The molecule has 3 nitrogen and oxygen atoms in total. The number of fused-ring (bicyclic) bond motifs is 1. The first kappa shape index (κ1) is 12.3. The molecule has 0 atom stereocenters. The van der Waals surface area contributed by atoms with Crippen molar-refractivity contribution in [2.45, 2.75) is 44.6 Å². The quantitative estimate of drug-likeness (QED) is 0.831. The van der Waals surface area contributed by atoms with Crippen LogP contribution in [0.5, 0.6) is 0 Å². The van der Waals surface area contributed by atoms with Crippen LogP contribution in [0.2, 0.25) is 0 Å². The summed E-state index contributed by atoms with van der Waals surface area (Å²) in [5.74, 6) is 0.472. The van der Waals surface area contributed by atoms with Crippen molar-refractivity contribution in [3.8, 4) is 0 Å². The Morgan fingerprint density at radius 1 is 1.05 bits per heavy atom. The molecule has 3 rings (SSSR count). The van der Waals surface area contributed by atoms with Crippen molar-refractivity contribution >= 4 is 16.7 Å². The number of anilines is 1. The van der Waals surface area contributed by atoms with Crippen LogP contribution in [0.1, 0.15) is 38.5 Å². The van der Waals surface area contributed by atoms with Crippen LogP contribution in [0, 0.1) is 5.82 Å². The Balaban J connectivity index is 1.90. The van der Waals surface area contributed by atoms with Gasteiger partial charge >= 0.3 is 0 Å². The zero-order valence-electron chi connectivity index (χ0n) is 10.9. The minimum Gasteiger partial charge on any atom is -0.367 e. The largest absolute Gasteiger partial charge is 0.367 e.